The minimum Gasteiger partial charge on any atom is -0.497 e. The van der Waals surface area contributed by atoms with Gasteiger partial charge >= 0.3 is 0 Å². The molecule has 118 valence electrons. The lowest BCUT2D eigenvalue weighted by Crippen LogP contribution is -2.18. The molecule has 0 fully saturated rings. The van der Waals surface area contributed by atoms with Gasteiger partial charge < -0.3 is 14.6 Å². The summed E-state index contributed by atoms with van der Waals surface area (Å²) in [6.07, 6.45) is 1.86. The smallest absolute Gasteiger partial charge is 0.244 e. The van der Waals surface area contributed by atoms with Crippen LogP contribution in [-0.4, -0.2) is 17.6 Å². The molecule has 0 aliphatic carbocycles. The second-order valence-electron chi connectivity index (χ2n) is 5.02. The molecule has 1 N–H and O–H groups in total. The van der Waals surface area contributed by atoms with Crippen molar-refractivity contribution in [2.24, 2.45) is 0 Å². The molecule has 6 heteroatoms. The number of hydrogen-bond donors (Lipinski definition) is 1. The predicted molar refractivity (Wildman–Crippen MR) is 93.6 cm³/mol. The van der Waals surface area contributed by atoms with Gasteiger partial charge in [-0.25, -0.2) is 0 Å². The van der Waals surface area contributed by atoms with Crippen molar-refractivity contribution in [1.29, 1.82) is 0 Å². The van der Waals surface area contributed by atoms with Crippen LogP contribution in [0.1, 0.15) is 0 Å². The number of nitrogens with zero attached hydrogens (tertiary/aromatic N) is 1. The first kappa shape index (κ1) is 15.7. The van der Waals surface area contributed by atoms with E-state index < -0.39 is 0 Å². The fourth-order valence-corrected chi connectivity index (χ4v) is 2.74. The van der Waals surface area contributed by atoms with Crippen LogP contribution < -0.4 is 10.1 Å². The zero-order chi connectivity index (χ0) is 16.4. The summed E-state index contributed by atoms with van der Waals surface area (Å²) in [6, 6.07) is 12.8. The molecule has 3 rings (SSSR count). The molecule has 0 saturated heterocycles. The van der Waals surface area contributed by atoms with E-state index in [1.165, 1.54) is 0 Å². The van der Waals surface area contributed by atoms with Crippen LogP contribution in [0.4, 0.5) is 5.69 Å². The number of hydrogen-bond acceptors (Lipinski definition) is 2. The Kier molecular flexibility index (Phi) is 4.46. The van der Waals surface area contributed by atoms with Crippen molar-refractivity contribution in [2.75, 3.05) is 12.4 Å². The van der Waals surface area contributed by atoms with Gasteiger partial charge in [-0.15, -0.1) is 0 Å². The molecule has 1 aromatic heterocycles. The SMILES string of the molecule is COc1ccc2c(ccn2CC(=O)Nc2cccc(Cl)c2Cl)c1. The fraction of sp³-hybridized carbons (Fsp3) is 0.118. The van der Waals surface area contributed by atoms with Crippen molar-refractivity contribution < 1.29 is 9.53 Å². The molecular weight excluding hydrogens is 335 g/mol. The number of halogens is 2. The zero-order valence-electron chi connectivity index (χ0n) is 12.3. The molecular formula is C17H14Cl2N2O2. The lowest BCUT2D eigenvalue weighted by Gasteiger charge is -2.10. The molecule has 1 amide bonds. The molecule has 1 heterocycles. The number of carbonyl (C=O) groups is 1. The summed E-state index contributed by atoms with van der Waals surface area (Å²) in [4.78, 5) is 12.3. The average Bonchev–Trinajstić information content (AvgIpc) is 2.94. The summed E-state index contributed by atoms with van der Waals surface area (Å²) in [5.74, 6) is 0.605. The molecule has 0 aliphatic rings. The number of fused-ring (bicyclic) bond motifs is 1. The van der Waals surface area contributed by atoms with Crippen molar-refractivity contribution in [3.8, 4) is 5.75 Å². The number of aromatic nitrogens is 1. The Morgan fingerprint density at radius 1 is 1.22 bits per heavy atom. The van der Waals surface area contributed by atoms with Crippen LogP contribution in [0.25, 0.3) is 10.9 Å². The Morgan fingerprint density at radius 3 is 2.83 bits per heavy atom. The molecule has 3 aromatic rings. The van der Waals surface area contributed by atoms with Crippen molar-refractivity contribution in [2.45, 2.75) is 6.54 Å². The van der Waals surface area contributed by atoms with Gasteiger partial charge in [0.05, 0.1) is 22.8 Å². The summed E-state index contributed by atoms with van der Waals surface area (Å²) in [5, 5.41) is 4.53. The van der Waals surface area contributed by atoms with Gasteiger partial charge in [-0.1, -0.05) is 29.3 Å². The number of rotatable bonds is 4. The van der Waals surface area contributed by atoms with Crippen LogP contribution in [0.5, 0.6) is 5.75 Å². The highest BCUT2D eigenvalue weighted by molar-refractivity contribution is 6.43. The Morgan fingerprint density at radius 2 is 2.04 bits per heavy atom. The van der Waals surface area contributed by atoms with Gasteiger partial charge in [-0.3, -0.25) is 4.79 Å². The van der Waals surface area contributed by atoms with Crippen LogP contribution in [0.3, 0.4) is 0 Å². The number of ether oxygens (including phenoxy) is 1. The first-order chi connectivity index (χ1) is 11.1. The number of anilines is 1. The molecule has 0 bridgehead atoms. The summed E-state index contributed by atoms with van der Waals surface area (Å²) in [6.45, 7) is 0.179. The Hall–Kier alpha value is -2.17. The van der Waals surface area contributed by atoms with Gasteiger partial charge in [-0.05, 0) is 36.4 Å². The number of nitrogens with one attached hydrogen (secondary N) is 1. The first-order valence-corrected chi connectivity index (χ1v) is 7.71. The molecule has 0 spiro atoms. The average molecular weight is 349 g/mol. The van der Waals surface area contributed by atoms with Gasteiger partial charge in [0.25, 0.3) is 0 Å². The van der Waals surface area contributed by atoms with Gasteiger partial charge in [0.1, 0.15) is 12.3 Å². The van der Waals surface area contributed by atoms with Crippen molar-refractivity contribution in [3.63, 3.8) is 0 Å². The zero-order valence-corrected chi connectivity index (χ0v) is 13.9. The number of carbonyl (C=O) groups excluding carboxylic acids is 1. The van der Waals surface area contributed by atoms with E-state index >= 15 is 0 Å². The van der Waals surface area contributed by atoms with E-state index in [0.29, 0.717) is 15.7 Å². The van der Waals surface area contributed by atoms with Crippen molar-refractivity contribution >= 4 is 45.7 Å². The van der Waals surface area contributed by atoms with E-state index in [-0.39, 0.29) is 12.5 Å². The van der Waals surface area contributed by atoms with Crippen LogP contribution in [0.2, 0.25) is 10.0 Å². The maximum atomic E-state index is 12.3. The third-order valence-corrected chi connectivity index (χ3v) is 4.34. The Balaban J connectivity index is 1.79. The van der Waals surface area contributed by atoms with Gasteiger partial charge in [0.2, 0.25) is 5.91 Å². The van der Waals surface area contributed by atoms with E-state index in [4.69, 9.17) is 27.9 Å². The minimum absolute atomic E-state index is 0.178. The van der Waals surface area contributed by atoms with Crippen molar-refractivity contribution in [1.82, 2.24) is 4.57 Å². The Labute approximate surface area is 143 Å². The summed E-state index contributed by atoms with van der Waals surface area (Å²) >= 11 is 12.0. The molecule has 0 aliphatic heterocycles. The van der Waals surface area contributed by atoms with Crippen molar-refractivity contribution in [3.05, 3.63) is 58.7 Å². The van der Waals surface area contributed by atoms with E-state index in [9.17, 15) is 4.79 Å². The van der Waals surface area contributed by atoms with E-state index in [1.807, 2.05) is 35.0 Å². The normalized spacial score (nSPS) is 10.7. The molecule has 0 radical (unpaired) electrons. The van der Waals surface area contributed by atoms with Gasteiger partial charge in [0, 0.05) is 17.1 Å². The number of methoxy groups -OCH3 is 1. The number of benzene rings is 2. The number of amides is 1. The molecule has 0 unspecified atom stereocenters. The largest absolute Gasteiger partial charge is 0.497 e. The maximum Gasteiger partial charge on any atom is 0.244 e. The second-order valence-corrected chi connectivity index (χ2v) is 5.80. The standard InChI is InChI=1S/C17H14Cl2N2O2/c1-23-12-5-6-15-11(9-12)7-8-21(15)10-16(22)20-14-4-2-3-13(18)17(14)19/h2-9H,10H2,1H3,(H,20,22). The van der Waals surface area contributed by atoms with E-state index in [0.717, 1.165) is 16.7 Å². The molecule has 0 saturated carbocycles. The lowest BCUT2D eigenvalue weighted by atomic mass is 10.2. The summed E-state index contributed by atoms with van der Waals surface area (Å²) in [5.41, 5.74) is 1.46. The molecule has 4 nitrogen and oxygen atoms in total. The quantitative estimate of drug-likeness (QED) is 0.748. The van der Waals surface area contributed by atoms with Crippen LogP contribution in [0, 0.1) is 0 Å². The van der Waals surface area contributed by atoms with E-state index in [2.05, 4.69) is 5.32 Å². The fourth-order valence-electron chi connectivity index (χ4n) is 2.39. The highest BCUT2D eigenvalue weighted by Gasteiger charge is 2.10. The monoisotopic (exact) mass is 348 g/mol. The highest BCUT2D eigenvalue weighted by Crippen LogP contribution is 2.29. The van der Waals surface area contributed by atoms with Crippen LogP contribution >= 0.6 is 23.2 Å². The third-order valence-electron chi connectivity index (χ3n) is 3.52. The lowest BCUT2D eigenvalue weighted by molar-refractivity contribution is -0.116. The first-order valence-electron chi connectivity index (χ1n) is 6.95. The summed E-state index contributed by atoms with van der Waals surface area (Å²) < 4.78 is 7.06. The predicted octanol–water partition coefficient (Wildman–Crippen LogP) is 4.60. The molecule has 2 aromatic carbocycles. The second kappa shape index (κ2) is 6.52. The van der Waals surface area contributed by atoms with E-state index in [1.54, 1.807) is 25.3 Å². The Bertz CT molecular complexity index is 874. The minimum atomic E-state index is -0.178. The highest BCUT2D eigenvalue weighted by atomic mass is 35.5. The molecule has 23 heavy (non-hydrogen) atoms. The topological polar surface area (TPSA) is 43.3 Å². The van der Waals surface area contributed by atoms with Crippen LogP contribution in [-0.2, 0) is 11.3 Å². The third kappa shape index (κ3) is 3.28. The van der Waals surface area contributed by atoms with Gasteiger partial charge in [-0.2, -0.15) is 0 Å². The summed E-state index contributed by atoms with van der Waals surface area (Å²) in [7, 11) is 1.63. The maximum absolute atomic E-state index is 12.3. The van der Waals surface area contributed by atoms with Gasteiger partial charge in [0.15, 0.2) is 0 Å². The van der Waals surface area contributed by atoms with Crippen LogP contribution in [0.15, 0.2) is 48.7 Å². The molecule has 0 atom stereocenters.